The molecule has 3 N–H and O–H groups in total. The first-order valence-corrected chi connectivity index (χ1v) is 6.01. The fourth-order valence-corrected chi connectivity index (χ4v) is 2.31. The highest BCUT2D eigenvalue weighted by Gasteiger charge is 2.19. The first-order valence-electron chi connectivity index (χ1n) is 6.01. The number of amides is 1. The molecule has 1 aliphatic heterocycles. The molecule has 15 heavy (non-hydrogen) atoms. The number of rotatable bonds is 4. The van der Waals surface area contributed by atoms with E-state index in [0.29, 0.717) is 12.5 Å². The molecule has 0 bridgehead atoms. The highest BCUT2D eigenvalue weighted by Crippen LogP contribution is 2.18. The quantitative estimate of drug-likeness (QED) is 0.416. The molecule has 0 aromatic carbocycles. The van der Waals surface area contributed by atoms with Gasteiger partial charge in [0.05, 0.1) is 0 Å². The van der Waals surface area contributed by atoms with E-state index in [4.69, 9.17) is 5.84 Å². The summed E-state index contributed by atoms with van der Waals surface area (Å²) in [7, 11) is 0. The summed E-state index contributed by atoms with van der Waals surface area (Å²) in [6.07, 6.45) is 6.91. The van der Waals surface area contributed by atoms with Crippen LogP contribution in [-0.2, 0) is 4.79 Å². The third-order valence-electron chi connectivity index (χ3n) is 3.26. The fourth-order valence-electron chi connectivity index (χ4n) is 2.31. The zero-order valence-electron chi connectivity index (χ0n) is 9.67. The maximum atomic E-state index is 11.1. The molecule has 0 spiro atoms. The van der Waals surface area contributed by atoms with Gasteiger partial charge in [-0.05, 0) is 25.8 Å². The summed E-state index contributed by atoms with van der Waals surface area (Å²) in [6.45, 7) is 4.21. The van der Waals surface area contributed by atoms with Crippen LogP contribution in [0.4, 0.5) is 0 Å². The number of carbonyl (C=O) groups excluding carboxylic acids is 1. The van der Waals surface area contributed by atoms with Crippen LogP contribution in [0.1, 0.15) is 45.4 Å². The smallest absolute Gasteiger partial charge is 0.235 e. The van der Waals surface area contributed by atoms with Gasteiger partial charge in [0.1, 0.15) is 0 Å². The van der Waals surface area contributed by atoms with Crippen LogP contribution in [0.5, 0.6) is 0 Å². The molecule has 0 aromatic rings. The second-order valence-electron chi connectivity index (χ2n) is 4.26. The van der Waals surface area contributed by atoms with Crippen molar-refractivity contribution < 1.29 is 4.79 Å². The summed E-state index contributed by atoms with van der Waals surface area (Å²) in [6, 6.07) is 0.665. The molecular weight excluding hydrogens is 190 g/mol. The molecular formula is C11H23N3O. The van der Waals surface area contributed by atoms with Crippen LogP contribution >= 0.6 is 0 Å². The molecule has 1 atom stereocenters. The predicted octanol–water partition coefficient (Wildman–Crippen LogP) is 1.02. The van der Waals surface area contributed by atoms with Crippen LogP contribution in [0, 0.1) is 0 Å². The number of nitrogens with zero attached hydrogens (tertiary/aromatic N) is 1. The summed E-state index contributed by atoms with van der Waals surface area (Å²) >= 11 is 0. The predicted molar refractivity (Wildman–Crippen MR) is 61.1 cm³/mol. The zero-order chi connectivity index (χ0) is 11.1. The van der Waals surface area contributed by atoms with E-state index >= 15 is 0 Å². The van der Waals surface area contributed by atoms with E-state index in [0.717, 1.165) is 13.1 Å². The molecule has 1 saturated heterocycles. The Labute approximate surface area is 92.2 Å². The van der Waals surface area contributed by atoms with Gasteiger partial charge >= 0.3 is 0 Å². The number of nitrogens with two attached hydrogens (primary N) is 1. The Balaban J connectivity index is 2.37. The number of hydrogen-bond acceptors (Lipinski definition) is 3. The van der Waals surface area contributed by atoms with Crippen LogP contribution in [0.15, 0.2) is 0 Å². The Morgan fingerprint density at radius 2 is 2.27 bits per heavy atom. The van der Waals surface area contributed by atoms with Crippen molar-refractivity contribution in [1.29, 1.82) is 0 Å². The van der Waals surface area contributed by atoms with Crippen LogP contribution in [-0.4, -0.2) is 29.9 Å². The maximum Gasteiger partial charge on any atom is 0.235 e. The number of likely N-dealkylation sites (tertiary alicyclic amines) is 1. The molecule has 1 amide bonds. The lowest BCUT2D eigenvalue weighted by molar-refractivity contribution is -0.121. The number of carbonyl (C=O) groups is 1. The molecule has 1 aliphatic rings. The van der Waals surface area contributed by atoms with Crippen molar-refractivity contribution >= 4 is 5.91 Å². The maximum absolute atomic E-state index is 11.1. The first kappa shape index (κ1) is 12.5. The third kappa shape index (κ3) is 4.18. The summed E-state index contributed by atoms with van der Waals surface area (Å²) in [5, 5.41) is 0. The lowest BCUT2D eigenvalue weighted by atomic mass is 10.1. The van der Waals surface area contributed by atoms with Gasteiger partial charge in [0.2, 0.25) is 5.91 Å². The number of nitrogens with one attached hydrogen (secondary N) is 1. The van der Waals surface area contributed by atoms with E-state index in [2.05, 4.69) is 17.2 Å². The minimum atomic E-state index is -0.0610. The normalized spacial score (nSPS) is 23.5. The molecule has 0 aromatic heterocycles. The second-order valence-corrected chi connectivity index (χ2v) is 4.26. The van der Waals surface area contributed by atoms with E-state index in [1.54, 1.807) is 0 Å². The summed E-state index contributed by atoms with van der Waals surface area (Å²) < 4.78 is 0. The number of hydrogen-bond donors (Lipinski definition) is 2. The van der Waals surface area contributed by atoms with Gasteiger partial charge in [0, 0.05) is 19.0 Å². The number of hydrazine groups is 1. The standard InChI is InChI=1S/C11H23N3O/c1-2-10-6-4-3-5-8-14(10)9-7-11(15)13-12/h10H,2-9,12H2,1H3,(H,13,15). The van der Waals surface area contributed by atoms with E-state index < -0.39 is 0 Å². The second kappa shape index (κ2) is 6.80. The Bertz CT molecular complexity index is 196. The Morgan fingerprint density at radius 1 is 1.47 bits per heavy atom. The minimum absolute atomic E-state index is 0.0610. The van der Waals surface area contributed by atoms with Crippen LogP contribution < -0.4 is 11.3 Å². The van der Waals surface area contributed by atoms with Gasteiger partial charge in [-0.25, -0.2) is 5.84 Å². The molecule has 88 valence electrons. The third-order valence-corrected chi connectivity index (χ3v) is 3.26. The van der Waals surface area contributed by atoms with E-state index in [1.807, 2.05) is 0 Å². The van der Waals surface area contributed by atoms with E-state index in [1.165, 1.54) is 32.1 Å². The summed E-state index contributed by atoms with van der Waals surface area (Å²) in [5.41, 5.74) is 2.19. The van der Waals surface area contributed by atoms with Crippen LogP contribution in [0.3, 0.4) is 0 Å². The molecule has 1 unspecified atom stereocenters. The molecule has 4 heteroatoms. The average Bonchev–Trinajstić information content (AvgIpc) is 2.50. The average molecular weight is 213 g/mol. The van der Waals surface area contributed by atoms with Gasteiger partial charge in [-0.2, -0.15) is 0 Å². The van der Waals surface area contributed by atoms with Crippen LogP contribution in [0.2, 0.25) is 0 Å². The van der Waals surface area contributed by atoms with Crippen molar-refractivity contribution in [3.05, 3.63) is 0 Å². The molecule has 0 saturated carbocycles. The van der Waals surface area contributed by atoms with Crippen molar-refractivity contribution in [2.45, 2.75) is 51.5 Å². The summed E-state index contributed by atoms with van der Waals surface area (Å²) in [5.74, 6) is 5.01. The lowest BCUT2D eigenvalue weighted by Gasteiger charge is -2.28. The van der Waals surface area contributed by atoms with Gasteiger partial charge in [-0.3, -0.25) is 15.1 Å². The molecule has 0 radical (unpaired) electrons. The molecule has 1 rings (SSSR count). The topological polar surface area (TPSA) is 58.4 Å². The summed E-state index contributed by atoms with van der Waals surface area (Å²) in [4.78, 5) is 13.5. The molecule has 1 heterocycles. The Kier molecular flexibility index (Phi) is 5.65. The fraction of sp³-hybridized carbons (Fsp3) is 0.909. The van der Waals surface area contributed by atoms with E-state index in [-0.39, 0.29) is 5.91 Å². The van der Waals surface area contributed by atoms with E-state index in [9.17, 15) is 4.79 Å². The highest BCUT2D eigenvalue weighted by molar-refractivity contribution is 5.75. The monoisotopic (exact) mass is 213 g/mol. The van der Waals surface area contributed by atoms with Crippen molar-refractivity contribution in [3.63, 3.8) is 0 Å². The van der Waals surface area contributed by atoms with Crippen LogP contribution in [0.25, 0.3) is 0 Å². The SMILES string of the molecule is CCC1CCCCCN1CCC(=O)NN. The van der Waals surface area contributed by atoms with Gasteiger partial charge in [0.15, 0.2) is 0 Å². The van der Waals surface area contributed by atoms with Gasteiger partial charge < -0.3 is 0 Å². The van der Waals surface area contributed by atoms with Gasteiger partial charge in [-0.15, -0.1) is 0 Å². The Hall–Kier alpha value is -0.610. The van der Waals surface area contributed by atoms with Crippen molar-refractivity contribution in [1.82, 2.24) is 10.3 Å². The molecule has 4 nitrogen and oxygen atoms in total. The Morgan fingerprint density at radius 3 is 2.93 bits per heavy atom. The molecule has 1 fully saturated rings. The molecule has 0 aliphatic carbocycles. The van der Waals surface area contributed by atoms with Crippen molar-refractivity contribution in [3.8, 4) is 0 Å². The lowest BCUT2D eigenvalue weighted by Crippen LogP contribution is -2.39. The van der Waals surface area contributed by atoms with Crippen molar-refractivity contribution in [2.24, 2.45) is 5.84 Å². The zero-order valence-corrected chi connectivity index (χ0v) is 9.67. The van der Waals surface area contributed by atoms with Gasteiger partial charge in [-0.1, -0.05) is 19.8 Å². The van der Waals surface area contributed by atoms with Crippen molar-refractivity contribution in [2.75, 3.05) is 13.1 Å². The van der Waals surface area contributed by atoms with Gasteiger partial charge in [0.25, 0.3) is 0 Å². The largest absolute Gasteiger partial charge is 0.300 e. The first-order chi connectivity index (χ1) is 7.27. The minimum Gasteiger partial charge on any atom is -0.300 e. The highest BCUT2D eigenvalue weighted by atomic mass is 16.2.